The molecule has 0 N–H and O–H groups in total. The van der Waals surface area contributed by atoms with Gasteiger partial charge in [-0.25, -0.2) is 0 Å². The van der Waals surface area contributed by atoms with Gasteiger partial charge in [-0.05, 0) is 30.5 Å². The summed E-state index contributed by atoms with van der Waals surface area (Å²) in [7, 11) is 0. The summed E-state index contributed by atoms with van der Waals surface area (Å²) in [6, 6.07) is 7.80. The summed E-state index contributed by atoms with van der Waals surface area (Å²) in [5.74, 6) is 3.48. The largest absolute Gasteiger partial charge is 0.484 e. The summed E-state index contributed by atoms with van der Waals surface area (Å²) in [5, 5.41) is 12.4. The minimum Gasteiger partial charge on any atom is -0.484 e. The zero-order valence-electron chi connectivity index (χ0n) is 14.4. The van der Waals surface area contributed by atoms with E-state index < -0.39 is 0 Å². The SMILES string of the molecule is Cc1cccc(OCc2nnc(SCc3noc(CC(C)C)n3)o2)c1. The van der Waals surface area contributed by atoms with Crippen LogP contribution < -0.4 is 4.74 Å². The number of aromatic nitrogens is 4. The van der Waals surface area contributed by atoms with Crippen LogP contribution in [0.15, 0.2) is 38.4 Å². The van der Waals surface area contributed by atoms with E-state index in [2.05, 4.69) is 34.2 Å². The number of thioether (sulfide) groups is 1. The zero-order valence-corrected chi connectivity index (χ0v) is 15.2. The van der Waals surface area contributed by atoms with Crippen LogP contribution in [0.4, 0.5) is 0 Å². The maximum absolute atomic E-state index is 5.64. The van der Waals surface area contributed by atoms with E-state index in [1.165, 1.54) is 11.8 Å². The average molecular weight is 360 g/mol. The Bertz CT molecular complexity index is 816. The minimum absolute atomic E-state index is 0.234. The predicted molar refractivity (Wildman–Crippen MR) is 92.2 cm³/mol. The van der Waals surface area contributed by atoms with Gasteiger partial charge in [-0.1, -0.05) is 42.9 Å². The van der Waals surface area contributed by atoms with Crippen LogP contribution in [0.3, 0.4) is 0 Å². The predicted octanol–water partition coefficient (Wildman–Crippen LogP) is 3.83. The molecule has 3 rings (SSSR count). The van der Waals surface area contributed by atoms with Crippen molar-refractivity contribution in [3.05, 3.63) is 47.4 Å². The van der Waals surface area contributed by atoms with E-state index in [0.717, 1.165) is 17.7 Å². The van der Waals surface area contributed by atoms with E-state index in [4.69, 9.17) is 13.7 Å². The van der Waals surface area contributed by atoms with Crippen LogP contribution in [0.5, 0.6) is 5.75 Å². The topological polar surface area (TPSA) is 87.1 Å². The van der Waals surface area contributed by atoms with Gasteiger partial charge in [-0.3, -0.25) is 0 Å². The van der Waals surface area contributed by atoms with E-state index in [1.807, 2.05) is 31.2 Å². The van der Waals surface area contributed by atoms with Gasteiger partial charge in [0.1, 0.15) is 5.75 Å². The minimum atomic E-state index is 0.234. The third-order valence-corrected chi connectivity index (χ3v) is 4.03. The van der Waals surface area contributed by atoms with E-state index >= 15 is 0 Å². The lowest BCUT2D eigenvalue weighted by Gasteiger charge is -2.03. The second kappa shape index (κ2) is 8.15. The van der Waals surface area contributed by atoms with Crippen molar-refractivity contribution in [3.63, 3.8) is 0 Å². The first-order valence-electron chi connectivity index (χ1n) is 8.04. The van der Waals surface area contributed by atoms with Crippen molar-refractivity contribution in [2.24, 2.45) is 5.92 Å². The number of nitrogens with zero attached hydrogens (tertiary/aromatic N) is 4. The van der Waals surface area contributed by atoms with Crippen molar-refractivity contribution in [2.45, 2.75) is 44.8 Å². The number of benzene rings is 1. The second-order valence-corrected chi connectivity index (χ2v) is 6.98. The maximum Gasteiger partial charge on any atom is 0.277 e. The van der Waals surface area contributed by atoms with Gasteiger partial charge in [0, 0.05) is 6.42 Å². The van der Waals surface area contributed by atoms with E-state index in [1.54, 1.807) is 0 Å². The van der Waals surface area contributed by atoms with Crippen LogP contribution in [-0.4, -0.2) is 20.3 Å². The highest BCUT2D eigenvalue weighted by Crippen LogP contribution is 2.21. The molecule has 0 saturated carbocycles. The van der Waals surface area contributed by atoms with Gasteiger partial charge in [0.15, 0.2) is 12.4 Å². The van der Waals surface area contributed by atoms with Crippen molar-refractivity contribution < 1.29 is 13.7 Å². The molecule has 0 bridgehead atoms. The highest BCUT2D eigenvalue weighted by Gasteiger charge is 2.12. The first kappa shape index (κ1) is 17.5. The fourth-order valence-corrected chi connectivity index (χ4v) is 2.74. The molecule has 0 radical (unpaired) electrons. The fraction of sp³-hybridized carbons (Fsp3) is 0.412. The number of hydrogen-bond donors (Lipinski definition) is 0. The maximum atomic E-state index is 5.64. The van der Waals surface area contributed by atoms with Crippen LogP contribution >= 0.6 is 11.8 Å². The van der Waals surface area contributed by atoms with Crippen LogP contribution in [0.25, 0.3) is 0 Å². The van der Waals surface area contributed by atoms with Crippen LogP contribution in [-0.2, 0) is 18.8 Å². The number of ether oxygens (including phenoxy) is 1. The van der Waals surface area contributed by atoms with E-state index in [0.29, 0.717) is 34.5 Å². The summed E-state index contributed by atoms with van der Waals surface area (Å²) in [5.41, 5.74) is 1.14. The third kappa shape index (κ3) is 5.32. The van der Waals surface area contributed by atoms with Crippen molar-refractivity contribution in [1.29, 1.82) is 0 Å². The second-order valence-electron chi connectivity index (χ2n) is 6.06. The van der Waals surface area contributed by atoms with Crippen molar-refractivity contribution in [1.82, 2.24) is 20.3 Å². The average Bonchev–Trinajstić information content (AvgIpc) is 3.20. The van der Waals surface area contributed by atoms with Gasteiger partial charge < -0.3 is 13.7 Å². The Labute approximate surface area is 150 Å². The van der Waals surface area contributed by atoms with Crippen molar-refractivity contribution >= 4 is 11.8 Å². The Hall–Kier alpha value is -2.35. The molecule has 25 heavy (non-hydrogen) atoms. The molecule has 0 fully saturated rings. The summed E-state index contributed by atoms with van der Waals surface area (Å²) in [4.78, 5) is 4.34. The first-order chi connectivity index (χ1) is 12.1. The molecule has 2 heterocycles. The lowest BCUT2D eigenvalue weighted by Crippen LogP contribution is -1.95. The quantitative estimate of drug-likeness (QED) is 0.560. The van der Waals surface area contributed by atoms with Gasteiger partial charge >= 0.3 is 0 Å². The molecule has 0 spiro atoms. The Balaban J connectivity index is 1.49. The fourth-order valence-electron chi connectivity index (χ4n) is 2.11. The highest BCUT2D eigenvalue weighted by molar-refractivity contribution is 7.98. The molecule has 0 atom stereocenters. The normalized spacial score (nSPS) is 11.2. The summed E-state index contributed by atoms with van der Waals surface area (Å²) in [6.07, 6.45) is 0.776. The van der Waals surface area contributed by atoms with Crippen LogP contribution in [0.2, 0.25) is 0 Å². The molecule has 0 amide bonds. The molecule has 8 heteroatoms. The highest BCUT2D eigenvalue weighted by atomic mass is 32.2. The van der Waals surface area contributed by atoms with Gasteiger partial charge in [-0.15, -0.1) is 10.2 Å². The molecule has 0 unspecified atom stereocenters. The summed E-state index contributed by atoms with van der Waals surface area (Å²) < 4.78 is 16.4. The monoisotopic (exact) mass is 360 g/mol. The molecule has 0 saturated heterocycles. The molecule has 0 aliphatic carbocycles. The Morgan fingerprint density at radius 3 is 2.88 bits per heavy atom. The number of aryl methyl sites for hydroxylation is 1. The van der Waals surface area contributed by atoms with Crippen LogP contribution in [0.1, 0.15) is 37.0 Å². The van der Waals surface area contributed by atoms with Crippen molar-refractivity contribution in [3.8, 4) is 5.75 Å². The van der Waals surface area contributed by atoms with Gasteiger partial charge in [0.2, 0.25) is 5.89 Å². The Kier molecular flexibility index (Phi) is 5.70. The molecule has 132 valence electrons. The molecular weight excluding hydrogens is 340 g/mol. The third-order valence-electron chi connectivity index (χ3n) is 3.22. The standard InChI is InChI=1S/C17H20N4O3S/c1-11(2)7-15-18-14(21-24-15)10-25-17-20-19-16(23-17)9-22-13-6-4-5-12(3)8-13/h4-6,8,11H,7,9-10H2,1-3H3. The number of rotatable bonds is 8. The molecule has 0 aliphatic heterocycles. The molecule has 0 aliphatic rings. The number of hydrogen-bond acceptors (Lipinski definition) is 8. The van der Waals surface area contributed by atoms with Gasteiger partial charge in [0.05, 0.1) is 5.75 Å². The Morgan fingerprint density at radius 2 is 2.08 bits per heavy atom. The van der Waals surface area contributed by atoms with Crippen LogP contribution in [0, 0.1) is 12.8 Å². The summed E-state index contributed by atoms with van der Waals surface area (Å²) in [6.45, 7) is 6.46. The zero-order chi connectivity index (χ0) is 17.6. The lowest BCUT2D eigenvalue weighted by molar-refractivity contribution is 0.252. The van der Waals surface area contributed by atoms with Gasteiger partial charge in [-0.2, -0.15) is 4.98 Å². The first-order valence-corrected chi connectivity index (χ1v) is 9.03. The molecule has 7 nitrogen and oxygen atoms in total. The summed E-state index contributed by atoms with van der Waals surface area (Å²) >= 11 is 1.37. The smallest absolute Gasteiger partial charge is 0.277 e. The molecular formula is C17H20N4O3S. The van der Waals surface area contributed by atoms with Gasteiger partial charge in [0.25, 0.3) is 11.1 Å². The Morgan fingerprint density at radius 1 is 1.20 bits per heavy atom. The molecule has 3 aromatic rings. The van der Waals surface area contributed by atoms with E-state index in [9.17, 15) is 0 Å². The van der Waals surface area contributed by atoms with E-state index in [-0.39, 0.29) is 6.61 Å². The molecule has 2 aromatic heterocycles. The molecule has 1 aromatic carbocycles. The lowest BCUT2D eigenvalue weighted by atomic mass is 10.1. The van der Waals surface area contributed by atoms with Crippen molar-refractivity contribution in [2.75, 3.05) is 0 Å².